The van der Waals surface area contributed by atoms with Crippen LogP contribution in [0.4, 0.5) is 0 Å². The van der Waals surface area contributed by atoms with E-state index in [1.807, 2.05) is 74.1 Å². The summed E-state index contributed by atoms with van der Waals surface area (Å²) in [5, 5.41) is 8.69. The maximum Gasteiger partial charge on any atom is 0.251 e. The highest BCUT2D eigenvalue weighted by Gasteiger charge is 2.21. The number of carbonyl (C=O) groups excluding carboxylic acids is 1. The van der Waals surface area contributed by atoms with E-state index in [1.165, 1.54) is 6.42 Å². The van der Waals surface area contributed by atoms with Gasteiger partial charge in [-0.15, -0.1) is 0 Å². The van der Waals surface area contributed by atoms with Crippen molar-refractivity contribution in [2.75, 3.05) is 0 Å². The Labute approximate surface area is 187 Å². The van der Waals surface area contributed by atoms with E-state index in [1.54, 1.807) is 6.20 Å². The molecule has 0 bridgehead atoms. The summed E-state index contributed by atoms with van der Waals surface area (Å²) < 4.78 is 7.98. The number of amides is 1. The van der Waals surface area contributed by atoms with Crippen molar-refractivity contribution in [3.8, 4) is 22.8 Å². The second kappa shape index (κ2) is 8.11. The molecule has 0 spiro atoms. The minimum Gasteiger partial charge on any atom is -0.457 e. The molecule has 0 aliphatic heterocycles. The number of aryl methyl sites for hydroxylation is 3. The summed E-state index contributed by atoms with van der Waals surface area (Å²) >= 11 is 0. The molecular formula is C26H26N4O2. The maximum absolute atomic E-state index is 12.5. The summed E-state index contributed by atoms with van der Waals surface area (Å²) in [4.78, 5) is 17.0. The summed E-state index contributed by atoms with van der Waals surface area (Å²) in [5.74, 6) is 1.46. The Bertz CT molecular complexity index is 1320. The Balaban J connectivity index is 1.37. The smallest absolute Gasteiger partial charge is 0.251 e. The lowest BCUT2D eigenvalue weighted by Gasteiger charge is -2.26. The fraction of sp³-hybridized carbons (Fsp3) is 0.269. The molecule has 6 heteroatoms. The molecule has 0 atom stereocenters. The van der Waals surface area contributed by atoms with Gasteiger partial charge in [-0.1, -0.05) is 6.07 Å². The van der Waals surface area contributed by atoms with Crippen LogP contribution in [0.25, 0.3) is 22.2 Å². The van der Waals surface area contributed by atoms with Gasteiger partial charge in [-0.2, -0.15) is 5.10 Å². The number of nitrogens with one attached hydrogen (secondary N) is 1. The van der Waals surface area contributed by atoms with Crippen molar-refractivity contribution >= 4 is 16.8 Å². The number of carbonyl (C=O) groups is 1. The van der Waals surface area contributed by atoms with Crippen LogP contribution in [0, 0.1) is 13.8 Å². The Morgan fingerprint density at radius 3 is 2.62 bits per heavy atom. The van der Waals surface area contributed by atoms with Gasteiger partial charge in [-0.05, 0) is 69.0 Å². The summed E-state index contributed by atoms with van der Waals surface area (Å²) in [5.41, 5.74) is 5.43. The molecule has 2 aromatic carbocycles. The van der Waals surface area contributed by atoms with E-state index in [9.17, 15) is 4.79 Å². The van der Waals surface area contributed by atoms with E-state index in [2.05, 4.69) is 15.4 Å². The molecule has 1 N–H and O–H groups in total. The van der Waals surface area contributed by atoms with Gasteiger partial charge >= 0.3 is 0 Å². The fourth-order valence-corrected chi connectivity index (χ4v) is 4.14. The second-order valence-corrected chi connectivity index (χ2v) is 8.50. The number of hydrogen-bond acceptors (Lipinski definition) is 4. The average molecular weight is 427 g/mol. The van der Waals surface area contributed by atoms with Crippen LogP contribution >= 0.6 is 0 Å². The number of ether oxygens (including phenoxy) is 1. The number of benzene rings is 2. The number of fused-ring (bicyclic) bond motifs is 1. The molecule has 0 unspecified atom stereocenters. The van der Waals surface area contributed by atoms with Crippen LogP contribution in [0.3, 0.4) is 0 Å². The number of hydrogen-bond donors (Lipinski definition) is 1. The standard InChI is InChI=1S/C26H26N4O2/c1-16-13-18(7-9-22(16)26(31)28-19-5-4-6-19)24-14-21(11-12-27-24)32-20-8-10-23-17(2)29-30(3)25(23)15-20/h7-15,19H,4-6H2,1-3H3,(H,28,31). The number of rotatable bonds is 5. The van der Waals surface area contributed by atoms with Crippen molar-refractivity contribution in [1.82, 2.24) is 20.1 Å². The molecule has 162 valence electrons. The topological polar surface area (TPSA) is 69.0 Å². The molecule has 2 heterocycles. The van der Waals surface area contributed by atoms with E-state index in [0.717, 1.165) is 52.0 Å². The molecule has 5 rings (SSSR count). The molecule has 32 heavy (non-hydrogen) atoms. The molecule has 1 aliphatic carbocycles. The van der Waals surface area contributed by atoms with Crippen molar-refractivity contribution in [3.63, 3.8) is 0 Å². The first kappa shape index (κ1) is 20.2. The summed E-state index contributed by atoms with van der Waals surface area (Å²) in [6.45, 7) is 3.97. The predicted octanol–water partition coefficient (Wildman–Crippen LogP) is 5.33. The highest BCUT2D eigenvalue weighted by Crippen LogP contribution is 2.29. The third-order valence-corrected chi connectivity index (χ3v) is 6.18. The Hall–Kier alpha value is -3.67. The van der Waals surface area contributed by atoms with E-state index in [0.29, 0.717) is 17.4 Å². The summed E-state index contributed by atoms with van der Waals surface area (Å²) in [6.07, 6.45) is 5.09. The van der Waals surface area contributed by atoms with Crippen molar-refractivity contribution in [2.24, 2.45) is 7.05 Å². The number of pyridine rings is 1. The van der Waals surface area contributed by atoms with Gasteiger partial charge < -0.3 is 10.1 Å². The van der Waals surface area contributed by atoms with Gasteiger partial charge in [0.1, 0.15) is 11.5 Å². The molecule has 1 aliphatic rings. The highest BCUT2D eigenvalue weighted by molar-refractivity contribution is 5.96. The van der Waals surface area contributed by atoms with Gasteiger partial charge in [-0.25, -0.2) is 0 Å². The van der Waals surface area contributed by atoms with Crippen molar-refractivity contribution in [1.29, 1.82) is 0 Å². The largest absolute Gasteiger partial charge is 0.457 e. The van der Waals surface area contributed by atoms with Crippen molar-refractivity contribution < 1.29 is 9.53 Å². The summed E-state index contributed by atoms with van der Waals surface area (Å²) in [6, 6.07) is 15.9. The zero-order valence-corrected chi connectivity index (χ0v) is 18.6. The Morgan fingerprint density at radius 2 is 1.88 bits per heavy atom. The maximum atomic E-state index is 12.5. The predicted molar refractivity (Wildman–Crippen MR) is 125 cm³/mol. The Kier molecular flexibility index (Phi) is 5.13. The first-order valence-electron chi connectivity index (χ1n) is 11.0. The highest BCUT2D eigenvalue weighted by atomic mass is 16.5. The number of nitrogens with zero attached hydrogens (tertiary/aromatic N) is 3. The lowest BCUT2D eigenvalue weighted by atomic mass is 9.92. The van der Waals surface area contributed by atoms with Gasteiger partial charge in [0.05, 0.1) is 16.9 Å². The van der Waals surface area contributed by atoms with Crippen LogP contribution in [0.1, 0.15) is 40.9 Å². The minimum atomic E-state index is 0.00425. The van der Waals surface area contributed by atoms with Gasteiger partial charge in [0.25, 0.3) is 5.91 Å². The van der Waals surface area contributed by atoms with E-state index >= 15 is 0 Å². The molecule has 2 aromatic heterocycles. The van der Waals surface area contributed by atoms with Crippen LogP contribution in [0.5, 0.6) is 11.5 Å². The normalized spacial score (nSPS) is 13.7. The molecule has 1 amide bonds. The van der Waals surface area contributed by atoms with Crippen LogP contribution in [0.15, 0.2) is 54.7 Å². The lowest BCUT2D eigenvalue weighted by molar-refractivity contribution is 0.0916. The first-order chi connectivity index (χ1) is 15.5. The molecule has 0 saturated heterocycles. The Morgan fingerprint density at radius 1 is 1.06 bits per heavy atom. The third-order valence-electron chi connectivity index (χ3n) is 6.18. The zero-order valence-electron chi connectivity index (χ0n) is 18.6. The van der Waals surface area contributed by atoms with Gasteiger partial charge in [0.2, 0.25) is 0 Å². The van der Waals surface area contributed by atoms with Crippen LogP contribution in [-0.2, 0) is 7.05 Å². The number of aromatic nitrogens is 3. The minimum absolute atomic E-state index is 0.00425. The van der Waals surface area contributed by atoms with Gasteiger partial charge in [0.15, 0.2) is 0 Å². The average Bonchev–Trinajstić information content (AvgIpc) is 3.04. The van der Waals surface area contributed by atoms with Crippen molar-refractivity contribution in [3.05, 3.63) is 71.5 Å². The quantitative estimate of drug-likeness (QED) is 0.468. The van der Waals surface area contributed by atoms with Crippen molar-refractivity contribution in [2.45, 2.75) is 39.2 Å². The summed E-state index contributed by atoms with van der Waals surface area (Å²) in [7, 11) is 1.93. The zero-order chi connectivity index (χ0) is 22.2. The fourth-order valence-electron chi connectivity index (χ4n) is 4.14. The molecule has 1 fully saturated rings. The third kappa shape index (κ3) is 3.84. The van der Waals surface area contributed by atoms with Gasteiger partial charge in [-0.3, -0.25) is 14.5 Å². The molecule has 1 saturated carbocycles. The van der Waals surface area contributed by atoms with Gasteiger partial charge in [0, 0.05) is 47.9 Å². The van der Waals surface area contributed by atoms with E-state index in [-0.39, 0.29) is 5.91 Å². The second-order valence-electron chi connectivity index (χ2n) is 8.50. The van der Waals surface area contributed by atoms with Crippen LogP contribution in [-0.4, -0.2) is 26.7 Å². The van der Waals surface area contributed by atoms with Crippen LogP contribution in [0.2, 0.25) is 0 Å². The first-order valence-corrected chi connectivity index (χ1v) is 11.0. The molecular weight excluding hydrogens is 400 g/mol. The van der Waals surface area contributed by atoms with E-state index < -0.39 is 0 Å². The lowest BCUT2D eigenvalue weighted by Crippen LogP contribution is -2.39. The molecule has 6 nitrogen and oxygen atoms in total. The molecule has 0 radical (unpaired) electrons. The monoisotopic (exact) mass is 426 g/mol. The SMILES string of the molecule is Cc1cc(-c2cc(Oc3ccc4c(C)nn(C)c4c3)ccn2)ccc1C(=O)NC1CCC1. The molecule has 4 aromatic rings. The van der Waals surface area contributed by atoms with E-state index in [4.69, 9.17) is 4.74 Å². The van der Waals surface area contributed by atoms with Crippen LogP contribution < -0.4 is 10.1 Å².